The molecular weight excluding hydrogens is 224 g/mol. The molecule has 0 unspecified atom stereocenters. The van der Waals surface area contributed by atoms with Gasteiger partial charge in [0.05, 0.1) is 25.2 Å². The zero-order valence-electron chi connectivity index (χ0n) is 9.99. The maximum atomic E-state index is 11.6. The van der Waals surface area contributed by atoms with Crippen LogP contribution in [0.3, 0.4) is 0 Å². The molecule has 0 saturated carbocycles. The first kappa shape index (κ1) is 13.5. The number of nitrogens with one attached hydrogen (secondary N) is 1. The lowest BCUT2D eigenvalue weighted by Crippen LogP contribution is -2.62. The predicted octanol–water partition coefficient (Wildman–Crippen LogP) is 0.911. The van der Waals surface area contributed by atoms with Crippen LogP contribution < -0.4 is 5.32 Å². The van der Waals surface area contributed by atoms with E-state index in [1.807, 2.05) is 13.8 Å². The fraction of sp³-hybridized carbons (Fsp3) is 0.636. The third-order valence-corrected chi connectivity index (χ3v) is 2.67. The summed E-state index contributed by atoms with van der Waals surface area (Å²) in [5, 5.41) is 5.03. The molecule has 0 radical (unpaired) electrons. The second-order valence-corrected chi connectivity index (χ2v) is 4.27. The van der Waals surface area contributed by atoms with Crippen molar-refractivity contribution < 1.29 is 14.3 Å². The zero-order chi connectivity index (χ0) is 12.9. The van der Waals surface area contributed by atoms with Crippen molar-refractivity contribution in [3.8, 4) is 0 Å². The predicted molar refractivity (Wildman–Crippen MR) is 61.2 cm³/mol. The van der Waals surface area contributed by atoms with Crippen LogP contribution in [0, 0.1) is 4.91 Å². The van der Waals surface area contributed by atoms with Crippen LogP contribution in [0.2, 0.25) is 0 Å². The molecule has 6 heteroatoms. The fourth-order valence-electron chi connectivity index (χ4n) is 1.51. The number of nitroso groups, excluding NO2 is 1. The normalized spacial score (nSPS) is 18.1. The molecule has 17 heavy (non-hydrogen) atoms. The monoisotopic (exact) mass is 240 g/mol. The van der Waals surface area contributed by atoms with Gasteiger partial charge in [0.15, 0.2) is 0 Å². The number of allylic oxidation sites excluding steroid dienone is 1. The van der Waals surface area contributed by atoms with Crippen LogP contribution >= 0.6 is 0 Å². The number of ether oxygens (including phenoxy) is 1. The summed E-state index contributed by atoms with van der Waals surface area (Å²) in [4.78, 5) is 32.7. The molecule has 1 aliphatic heterocycles. The molecule has 1 saturated heterocycles. The number of carbonyl (C=O) groups excluding carboxylic acids is 2. The Hall–Kier alpha value is -1.56. The van der Waals surface area contributed by atoms with Crippen LogP contribution in [0.25, 0.3) is 0 Å². The van der Waals surface area contributed by atoms with Crippen LogP contribution in [0.4, 0.5) is 0 Å². The van der Waals surface area contributed by atoms with Gasteiger partial charge in [0.1, 0.15) is 0 Å². The van der Waals surface area contributed by atoms with Gasteiger partial charge in [0.25, 0.3) is 5.91 Å². The Balaban J connectivity index is 2.60. The van der Waals surface area contributed by atoms with Gasteiger partial charge in [-0.15, -0.1) is 4.91 Å². The molecule has 0 bridgehead atoms. The van der Waals surface area contributed by atoms with Crippen molar-refractivity contribution in [2.75, 3.05) is 13.2 Å². The Bertz CT molecular complexity index is 358. The van der Waals surface area contributed by atoms with Crippen molar-refractivity contribution in [1.29, 1.82) is 0 Å². The van der Waals surface area contributed by atoms with Crippen LogP contribution in [-0.2, 0) is 14.3 Å². The first-order valence-electron chi connectivity index (χ1n) is 5.44. The van der Waals surface area contributed by atoms with Gasteiger partial charge in [-0.2, -0.15) is 0 Å². The van der Waals surface area contributed by atoms with E-state index in [2.05, 4.69) is 10.5 Å². The van der Waals surface area contributed by atoms with E-state index in [1.54, 1.807) is 0 Å². The summed E-state index contributed by atoms with van der Waals surface area (Å²) >= 11 is 0. The number of hydrogen-bond acceptors (Lipinski definition) is 4. The molecule has 1 heterocycles. The largest absolute Gasteiger partial charge is 0.376 e. The first-order chi connectivity index (χ1) is 8.01. The van der Waals surface area contributed by atoms with Gasteiger partial charge in [0.2, 0.25) is 5.91 Å². The molecule has 1 rings (SSSR count). The summed E-state index contributed by atoms with van der Waals surface area (Å²) in [6.07, 6.45) is 2.16. The van der Waals surface area contributed by atoms with E-state index in [0.717, 1.165) is 12.0 Å². The molecule has 0 atom stereocenters. The molecule has 0 aromatic carbocycles. The van der Waals surface area contributed by atoms with E-state index in [1.165, 1.54) is 6.08 Å². The standard InChI is InChI=1S/C11H16N2O4/c1-3-8(2)4-9(14)12-11(6-17-7-11)5-10(15)13-16/h4H,3,5-7H2,1-2H3,(H,12,14)/b8-4+. The van der Waals surface area contributed by atoms with Gasteiger partial charge >= 0.3 is 0 Å². The Morgan fingerprint density at radius 2 is 2.12 bits per heavy atom. The summed E-state index contributed by atoms with van der Waals surface area (Å²) in [5.74, 6) is -1.05. The molecule has 0 spiro atoms. The molecule has 1 fully saturated rings. The van der Waals surface area contributed by atoms with Gasteiger partial charge in [0, 0.05) is 11.3 Å². The molecule has 0 aliphatic carbocycles. The lowest BCUT2D eigenvalue weighted by molar-refractivity contribution is -0.135. The summed E-state index contributed by atoms with van der Waals surface area (Å²) in [7, 11) is 0. The minimum absolute atomic E-state index is 0.110. The van der Waals surface area contributed by atoms with Gasteiger partial charge in [-0.25, -0.2) is 0 Å². The molecule has 0 aromatic rings. The molecule has 6 nitrogen and oxygen atoms in total. The van der Waals surface area contributed by atoms with Gasteiger partial charge in [-0.3, -0.25) is 9.59 Å². The highest BCUT2D eigenvalue weighted by Gasteiger charge is 2.42. The first-order valence-corrected chi connectivity index (χ1v) is 5.44. The average Bonchev–Trinajstić information content (AvgIpc) is 2.25. The van der Waals surface area contributed by atoms with Gasteiger partial charge in [-0.1, -0.05) is 12.5 Å². The fourth-order valence-corrected chi connectivity index (χ4v) is 1.51. The Morgan fingerprint density at radius 1 is 1.47 bits per heavy atom. The van der Waals surface area contributed by atoms with E-state index >= 15 is 0 Å². The maximum Gasteiger partial charge on any atom is 0.288 e. The molecule has 0 aromatic heterocycles. The van der Waals surface area contributed by atoms with Crippen molar-refractivity contribution in [3.05, 3.63) is 16.6 Å². The van der Waals surface area contributed by atoms with Crippen molar-refractivity contribution in [2.45, 2.75) is 32.2 Å². The minimum Gasteiger partial charge on any atom is -0.376 e. The highest BCUT2D eigenvalue weighted by Crippen LogP contribution is 2.22. The second kappa shape index (κ2) is 5.67. The summed E-state index contributed by atoms with van der Waals surface area (Å²) in [5.41, 5.74) is 0.185. The van der Waals surface area contributed by atoms with Crippen LogP contribution in [0.1, 0.15) is 26.7 Å². The van der Waals surface area contributed by atoms with Crippen molar-refractivity contribution >= 4 is 11.8 Å². The highest BCUT2D eigenvalue weighted by molar-refractivity contribution is 5.89. The summed E-state index contributed by atoms with van der Waals surface area (Å²) in [6.45, 7) is 4.26. The number of amides is 2. The van der Waals surface area contributed by atoms with E-state index in [0.29, 0.717) is 0 Å². The number of hydrogen-bond donors (Lipinski definition) is 1. The van der Waals surface area contributed by atoms with Gasteiger partial charge in [-0.05, 0) is 13.3 Å². The zero-order valence-corrected chi connectivity index (χ0v) is 9.99. The van der Waals surface area contributed by atoms with E-state index in [4.69, 9.17) is 4.74 Å². The third-order valence-electron chi connectivity index (χ3n) is 2.67. The molecule has 94 valence electrons. The number of carbonyl (C=O) groups is 2. The van der Waals surface area contributed by atoms with Crippen molar-refractivity contribution in [1.82, 2.24) is 5.32 Å². The van der Waals surface area contributed by atoms with Crippen molar-refractivity contribution in [2.24, 2.45) is 5.18 Å². The topological polar surface area (TPSA) is 84.8 Å². The number of nitrogens with zero attached hydrogens (tertiary/aromatic N) is 1. The summed E-state index contributed by atoms with van der Waals surface area (Å²) < 4.78 is 4.98. The smallest absolute Gasteiger partial charge is 0.288 e. The van der Waals surface area contributed by atoms with Crippen LogP contribution in [0.5, 0.6) is 0 Å². The minimum atomic E-state index is -0.773. The quantitative estimate of drug-likeness (QED) is 0.571. The molecule has 1 N–H and O–H groups in total. The molecule has 1 aliphatic rings. The van der Waals surface area contributed by atoms with Gasteiger partial charge < -0.3 is 10.1 Å². The van der Waals surface area contributed by atoms with E-state index in [-0.39, 0.29) is 25.5 Å². The third kappa shape index (κ3) is 3.74. The second-order valence-electron chi connectivity index (χ2n) is 4.27. The Morgan fingerprint density at radius 3 is 2.53 bits per heavy atom. The Labute approximate surface area is 99.4 Å². The lowest BCUT2D eigenvalue weighted by Gasteiger charge is -2.40. The maximum absolute atomic E-state index is 11.6. The highest BCUT2D eigenvalue weighted by atomic mass is 16.5. The summed E-state index contributed by atoms with van der Waals surface area (Å²) in [6, 6.07) is 0. The van der Waals surface area contributed by atoms with E-state index in [9.17, 15) is 14.5 Å². The SMILES string of the molecule is CC/C(C)=C/C(=O)NC1(CC(=O)N=O)COC1. The van der Waals surface area contributed by atoms with Crippen LogP contribution in [-0.4, -0.2) is 30.6 Å². The average molecular weight is 240 g/mol. The van der Waals surface area contributed by atoms with E-state index < -0.39 is 11.4 Å². The van der Waals surface area contributed by atoms with Crippen molar-refractivity contribution in [3.63, 3.8) is 0 Å². The number of rotatable bonds is 5. The molecule has 2 amide bonds. The van der Waals surface area contributed by atoms with Crippen LogP contribution in [0.15, 0.2) is 16.8 Å². The Kier molecular flexibility index (Phi) is 4.51. The molecular formula is C11H16N2O4. The lowest BCUT2D eigenvalue weighted by atomic mass is 9.92.